The van der Waals surface area contributed by atoms with Gasteiger partial charge >= 0.3 is 0 Å². The molecule has 0 bridgehead atoms. The second kappa shape index (κ2) is 3.84. The molecule has 0 atom stereocenters. The van der Waals surface area contributed by atoms with E-state index in [4.69, 9.17) is 0 Å². The van der Waals surface area contributed by atoms with Gasteiger partial charge in [-0.25, -0.2) is 0 Å². The van der Waals surface area contributed by atoms with Crippen molar-refractivity contribution in [3.63, 3.8) is 0 Å². The molecule has 0 aromatic rings. The van der Waals surface area contributed by atoms with Gasteiger partial charge < -0.3 is 0 Å². The Morgan fingerprint density at radius 2 is 1.67 bits per heavy atom. The average molecular weight is 206 g/mol. The zero-order valence-corrected chi connectivity index (χ0v) is 10.7. The van der Waals surface area contributed by atoms with Crippen LogP contribution >= 0.6 is 0 Å². The standard InChI is InChI=1S/C13H22N2/c1-12(2,3)11-8-7-9-15(14-10-11)13(4,5)6/h7-10H,1-6H3. The second-order valence-corrected chi connectivity index (χ2v) is 5.97. The van der Waals surface area contributed by atoms with Crippen LogP contribution in [-0.4, -0.2) is 16.8 Å². The van der Waals surface area contributed by atoms with Crippen LogP contribution in [0.5, 0.6) is 0 Å². The molecule has 0 saturated heterocycles. The van der Waals surface area contributed by atoms with Crippen molar-refractivity contribution in [2.45, 2.75) is 47.1 Å². The normalized spacial score (nSPS) is 17.7. The molecule has 1 aliphatic rings. The summed E-state index contributed by atoms with van der Waals surface area (Å²) in [5.41, 5.74) is 1.45. The smallest absolute Gasteiger partial charge is 0.0543 e. The molecular formula is C13H22N2. The van der Waals surface area contributed by atoms with Crippen LogP contribution in [-0.2, 0) is 0 Å². The SMILES string of the molecule is CC(C)(C)C1=CC=CN(C(C)(C)C)N=C1. The summed E-state index contributed by atoms with van der Waals surface area (Å²) in [4.78, 5) is 0. The van der Waals surface area contributed by atoms with Crippen molar-refractivity contribution in [3.8, 4) is 0 Å². The highest BCUT2D eigenvalue weighted by Crippen LogP contribution is 2.26. The number of hydrogen-bond donors (Lipinski definition) is 0. The van der Waals surface area contributed by atoms with Crippen molar-refractivity contribution in [3.05, 3.63) is 23.9 Å². The van der Waals surface area contributed by atoms with Gasteiger partial charge in [-0.1, -0.05) is 26.8 Å². The van der Waals surface area contributed by atoms with Crippen LogP contribution in [0.2, 0.25) is 0 Å². The van der Waals surface area contributed by atoms with Gasteiger partial charge in [-0.3, -0.25) is 5.01 Å². The number of hydrogen-bond acceptors (Lipinski definition) is 2. The average Bonchev–Trinajstić information content (AvgIpc) is 2.24. The van der Waals surface area contributed by atoms with Crippen molar-refractivity contribution in [1.82, 2.24) is 5.01 Å². The van der Waals surface area contributed by atoms with Crippen LogP contribution in [0.4, 0.5) is 0 Å². The van der Waals surface area contributed by atoms with E-state index in [-0.39, 0.29) is 11.0 Å². The summed E-state index contributed by atoms with van der Waals surface area (Å²) in [5, 5.41) is 6.48. The Hall–Kier alpha value is -1.05. The number of rotatable bonds is 0. The predicted molar refractivity (Wildman–Crippen MR) is 66.8 cm³/mol. The molecule has 0 aromatic carbocycles. The Kier molecular flexibility index (Phi) is 3.08. The van der Waals surface area contributed by atoms with Gasteiger partial charge in [0.25, 0.3) is 0 Å². The lowest BCUT2D eigenvalue weighted by atomic mass is 9.87. The van der Waals surface area contributed by atoms with Gasteiger partial charge in [-0.15, -0.1) is 0 Å². The monoisotopic (exact) mass is 206 g/mol. The van der Waals surface area contributed by atoms with E-state index in [1.807, 2.05) is 17.4 Å². The highest BCUT2D eigenvalue weighted by atomic mass is 15.5. The topological polar surface area (TPSA) is 15.6 Å². The highest BCUT2D eigenvalue weighted by Gasteiger charge is 2.20. The molecule has 0 unspecified atom stereocenters. The molecule has 0 fully saturated rings. The van der Waals surface area contributed by atoms with Gasteiger partial charge in [0.2, 0.25) is 0 Å². The highest BCUT2D eigenvalue weighted by molar-refractivity contribution is 5.80. The summed E-state index contributed by atoms with van der Waals surface area (Å²) in [6.07, 6.45) is 8.19. The van der Waals surface area contributed by atoms with Crippen LogP contribution in [0, 0.1) is 5.41 Å². The summed E-state index contributed by atoms with van der Waals surface area (Å²) in [5.74, 6) is 0. The molecule has 1 aliphatic heterocycles. The first kappa shape index (κ1) is 12.0. The van der Waals surface area contributed by atoms with E-state index >= 15 is 0 Å². The van der Waals surface area contributed by atoms with Gasteiger partial charge in [0, 0.05) is 6.20 Å². The fourth-order valence-electron chi connectivity index (χ4n) is 1.27. The molecule has 15 heavy (non-hydrogen) atoms. The Labute approximate surface area is 93.4 Å². The first-order chi connectivity index (χ1) is 6.71. The lowest BCUT2D eigenvalue weighted by Gasteiger charge is -2.29. The molecule has 0 saturated carbocycles. The summed E-state index contributed by atoms with van der Waals surface area (Å²) in [7, 11) is 0. The van der Waals surface area contributed by atoms with E-state index in [9.17, 15) is 0 Å². The third-order valence-electron chi connectivity index (χ3n) is 2.38. The van der Waals surface area contributed by atoms with E-state index in [2.05, 4.69) is 58.8 Å². The lowest BCUT2D eigenvalue weighted by molar-refractivity contribution is 0.216. The van der Waals surface area contributed by atoms with Gasteiger partial charge in [-0.05, 0) is 37.8 Å². The van der Waals surface area contributed by atoms with E-state index in [0.717, 1.165) is 0 Å². The molecule has 1 heterocycles. The fraction of sp³-hybridized carbons (Fsp3) is 0.615. The van der Waals surface area contributed by atoms with Crippen LogP contribution in [0.3, 0.4) is 0 Å². The Morgan fingerprint density at radius 1 is 1.07 bits per heavy atom. The predicted octanol–water partition coefficient (Wildman–Crippen LogP) is 3.57. The second-order valence-electron chi connectivity index (χ2n) is 5.97. The first-order valence-electron chi connectivity index (χ1n) is 5.43. The largest absolute Gasteiger partial charge is 0.268 e. The molecule has 0 aliphatic carbocycles. The van der Waals surface area contributed by atoms with Crippen molar-refractivity contribution >= 4 is 6.21 Å². The van der Waals surface area contributed by atoms with Gasteiger partial charge in [0.15, 0.2) is 0 Å². The summed E-state index contributed by atoms with van der Waals surface area (Å²) < 4.78 is 0. The van der Waals surface area contributed by atoms with Gasteiger partial charge in [-0.2, -0.15) is 5.10 Å². The van der Waals surface area contributed by atoms with Crippen molar-refractivity contribution in [2.75, 3.05) is 0 Å². The minimum atomic E-state index is 0.0359. The zero-order valence-electron chi connectivity index (χ0n) is 10.7. The summed E-state index contributed by atoms with van der Waals surface area (Å²) in [6, 6.07) is 0. The Bertz CT molecular complexity index is 308. The molecule has 2 nitrogen and oxygen atoms in total. The van der Waals surface area contributed by atoms with Gasteiger partial charge in [0.1, 0.15) is 0 Å². The van der Waals surface area contributed by atoms with Crippen LogP contribution < -0.4 is 0 Å². The third kappa shape index (κ3) is 3.22. The summed E-state index contributed by atoms with van der Waals surface area (Å²) in [6.45, 7) is 13.0. The van der Waals surface area contributed by atoms with Crippen molar-refractivity contribution in [1.29, 1.82) is 0 Å². The number of allylic oxidation sites excluding steroid dienone is 3. The van der Waals surface area contributed by atoms with E-state index < -0.39 is 0 Å². The number of nitrogens with zero attached hydrogens (tertiary/aromatic N) is 2. The molecular weight excluding hydrogens is 184 g/mol. The number of hydrazone groups is 1. The van der Waals surface area contributed by atoms with Crippen molar-refractivity contribution in [2.24, 2.45) is 10.5 Å². The van der Waals surface area contributed by atoms with Crippen LogP contribution in [0.15, 0.2) is 29.0 Å². The van der Waals surface area contributed by atoms with Crippen LogP contribution in [0.1, 0.15) is 41.5 Å². The first-order valence-corrected chi connectivity index (χ1v) is 5.43. The summed E-state index contributed by atoms with van der Waals surface area (Å²) >= 11 is 0. The Morgan fingerprint density at radius 3 is 2.13 bits per heavy atom. The molecule has 0 aromatic heterocycles. The van der Waals surface area contributed by atoms with Crippen molar-refractivity contribution < 1.29 is 0 Å². The fourth-order valence-corrected chi connectivity index (χ4v) is 1.27. The third-order valence-corrected chi connectivity index (χ3v) is 2.38. The molecule has 0 amide bonds. The maximum Gasteiger partial charge on any atom is 0.0543 e. The van der Waals surface area contributed by atoms with E-state index in [1.165, 1.54) is 5.57 Å². The zero-order chi connectivity index (χ0) is 11.7. The molecule has 84 valence electrons. The van der Waals surface area contributed by atoms with E-state index in [0.29, 0.717) is 0 Å². The maximum absolute atomic E-state index is 4.50. The van der Waals surface area contributed by atoms with Crippen LogP contribution in [0.25, 0.3) is 0 Å². The molecule has 0 N–H and O–H groups in total. The maximum atomic E-state index is 4.50. The lowest BCUT2D eigenvalue weighted by Crippen LogP contribution is -2.32. The van der Waals surface area contributed by atoms with Gasteiger partial charge in [0.05, 0.1) is 11.8 Å². The Balaban J connectivity index is 2.91. The quantitative estimate of drug-likeness (QED) is 0.591. The minimum absolute atomic E-state index is 0.0359. The molecule has 2 heteroatoms. The van der Waals surface area contributed by atoms with E-state index in [1.54, 1.807) is 0 Å². The molecule has 0 radical (unpaired) electrons. The molecule has 0 spiro atoms. The molecule has 1 rings (SSSR count). The minimum Gasteiger partial charge on any atom is -0.268 e.